The molecule has 0 aromatic carbocycles. The Balaban J connectivity index is 4.31. The van der Waals surface area contributed by atoms with Gasteiger partial charge in [0.2, 0.25) is 0 Å². The molecule has 58 heavy (non-hydrogen) atoms. The van der Waals surface area contributed by atoms with Crippen LogP contribution in [0.15, 0.2) is 72.9 Å². The van der Waals surface area contributed by atoms with Gasteiger partial charge in [-0.1, -0.05) is 164 Å². The Bertz CT molecular complexity index is 1200. The molecule has 3 atom stereocenters. The molecule has 10 nitrogen and oxygen atoms in total. The molecule has 0 aromatic rings. The molecule has 0 radical (unpaired) electrons. The van der Waals surface area contributed by atoms with Crippen LogP contribution in [0.1, 0.15) is 174 Å². The summed E-state index contributed by atoms with van der Waals surface area (Å²) < 4.78 is 32.7. The van der Waals surface area contributed by atoms with Crippen LogP contribution in [-0.4, -0.2) is 60.5 Å². The molecule has 0 fully saturated rings. The van der Waals surface area contributed by atoms with E-state index in [0.717, 1.165) is 44.9 Å². The highest BCUT2D eigenvalue weighted by atomic mass is 31.2. The van der Waals surface area contributed by atoms with E-state index in [4.69, 9.17) is 24.3 Å². The molecular formula is C47H82NO9P. The zero-order chi connectivity index (χ0) is 42.6. The molecular weight excluding hydrogens is 753 g/mol. The molecule has 11 heteroatoms. The van der Waals surface area contributed by atoms with Crippen molar-refractivity contribution in [3.8, 4) is 0 Å². The number of nitrogens with two attached hydrogens (primary N) is 1. The van der Waals surface area contributed by atoms with E-state index in [-0.39, 0.29) is 32.6 Å². The van der Waals surface area contributed by atoms with Crippen LogP contribution in [0.3, 0.4) is 0 Å². The second kappa shape index (κ2) is 42.5. The molecule has 0 aliphatic heterocycles. The zero-order valence-corrected chi connectivity index (χ0v) is 37.3. The molecule has 0 aliphatic rings. The third-order valence-corrected chi connectivity index (χ3v) is 10.2. The van der Waals surface area contributed by atoms with Gasteiger partial charge in [-0.05, 0) is 70.6 Å². The number of rotatable bonds is 41. The van der Waals surface area contributed by atoms with E-state index in [2.05, 4.69) is 62.5 Å². The van der Waals surface area contributed by atoms with E-state index in [1.165, 1.54) is 83.5 Å². The number of phosphoric ester groups is 1. The highest BCUT2D eigenvalue weighted by molar-refractivity contribution is 7.47. The van der Waals surface area contributed by atoms with Crippen LogP contribution in [0.25, 0.3) is 0 Å². The lowest BCUT2D eigenvalue weighted by molar-refractivity contribution is -0.161. The van der Waals surface area contributed by atoms with Gasteiger partial charge in [0.15, 0.2) is 6.10 Å². The molecule has 334 valence electrons. The summed E-state index contributed by atoms with van der Waals surface area (Å²) in [6.45, 7) is 3.38. The fraction of sp³-hybridized carbons (Fsp3) is 0.702. The van der Waals surface area contributed by atoms with Crippen LogP contribution in [0, 0.1) is 0 Å². The summed E-state index contributed by atoms with van der Waals surface area (Å²) in [6.07, 6.45) is 48.2. The number of allylic oxidation sites excluding steroid dienone is 11. The third-order valence-electron chi connectivity index (χ3n) is 9.18. The van der Waals surface area contributed by atoms with E-state index >= 15 is 0 Å². The van der Waals surface area contributed by atoms with Crippen LogP contribution in [0.2, 0.25) is 0 Å². The molecule has 0 aliphatic carbocycles. The van der Waals surface area contributed by atoms with Gasteiger partial charge in [0.1, 0.15) is 6.61 Å². The fourth-order valence-corrected chi connectivity index (χ4v) is 6.60. The summed E-state index contributed by atoms with van der Waals surface area (Å²) in [4.78, 5) is 34.9. The summed E-state index contributed by atoms with van der Waals surface area (Å²) in [6, 6.07) is 0. The molecule has 0 aromatic heterocycles. The standard InChI is InChI=1S/C47H82NO9P/c1-3-5-7-9-11-13-15-17-18-19-20-21-22-24-26-28-30-32-34-38-47(51)57-45(43-56-58(52,53)55-41-40-48)42-54-46(50)39-35-37-44(49)36-33-31-29-27-25-23-16-14-12-10-8-6-4-2/h6,8,12,14,17-18,23,25,29,31,33,36,44-45,49H,3-5,7,9-11,13,15-16,19-22,24,26-28,30,32,34-35,37-43,48H2,1-2H3,(H,52,53)/b8-6-,14-12-,18-17-,25-23-,31-29-,36-33+/t44?,45-/m1/s1. The lowest BCUT2D eigenvalue weighted by atomic mass is 10.1. The minimum atomic E-state index is -4.43. The smallest absolute Gasteiger partial charge is 0.462 e. The molecule has 0 heterocycles. The van der Waals surface area contributed by atoms with Gasteiger partial charge in [0.05, 0.1) is 19.3 Å². The summed E-state index contributed by atoms with van der Waals surface area (Å²) in [5.41, 5.74) is 5.34. The lowest BCUT2D eigenvalue weighted by Crippen LogP contribution is -2.29. The number of aliphatic hydroxyl groups is 1. The molecule has 0 saturated carbocycles. The van der Waals surface area contributed by atoms with Crippen molar-refractivity contribution in [3.63, 3.8) is 0 Å². The van der Waals surface area contributed by atoms with Crippen molar-refractivity contribution >= 4 is 19.8 Å². The Morgan fingerprint density at radius 3 is 1.74 bits per heavy atom. The summed E-state index contributed by atoms with van der Waals surface area (Å²) in [5.74, 6) is -1.04. The lowest BCUT2D eigenvalue weighted by Gasteiger charge is -2.20. The van der Waals surface area contributed by atoms with Crippen LogP contribution < -0.4 is 5.73 Å². The monoisotopic (exact) mass is 836 g/mol. The van der Waals surface area contributed by atoms with Gasteiger partial charge in [-0.3, -0.25) is 18.6 Å². The molecule has 0 amide bonds. The van der Waals surface area contributed by atoms with Gasteiger partial charge >= 0.3 is 19.8 Å². The minimum Gasteiger partial charge on any atom is -0.462 e. The highest BCUT2D eigenvalue weighted by Gasteiger charge is 2.26. The van der Waals surface area contributed by atoms with Gasteiger partial charge in [-0.15, -0.1) is 0 Å². The van der Waals surface area contributed by atoms with Crippen LogP contribution in [0.4, 0.5) is 0 Å². The third kappa shape index (κ3) is 41.6. The second-order valence-electron chi connectivity index (χ2n) is 14.7. The van der Waals surface area contributed by atoms with Gasteiger partial charge in [-0.25, -0.2) is 4.57 Å². The number of hydrogen-bond donors (Lipinski definition) is 3. The number of phosphoric acid groups is 1. The van der Waals surface area contributed by atoms with Crippen molar-refractivity contribution < 1.29 is 42.7 Å². The number of carbonyl (C=O) groups is 2. The van der Waals surface area contributed by atoms with E-state index in [1.54, 1.807) is 12.2 Å². The van der Waals surface area contributed by atoms with Gasteiger partial charge < -0.3 is 25.2 Å². The second-order valence-corrected chi connectivity index (χ2v) is 16.2. The van der Waals surface area contributed by atoms with Gasteiger partial charge in [0, 0.05) is 19.4 Å². The number of carbonyl (C=O) groups excluding carboxylic acids is 2. The summed E-state index contributed by atoms with van der Waals surface area (Å²) in [5, 5.41) is 10.2. The Hall–Kier alpha value is -2.59. The topological polar surface area (TPSA) is 155 Å². The van der Waals surface area contributed by atoms with Crippen LogP contribution in [0.5, 0.6) is 0 Å². The predicted octanol–water partition coefficient (Wildman–Crippen LogP) is 12.0. The van der Waals surface area contributed by atoms with Crippen molar-refractivity contribution in [2.24, 2.45) is 5.73 Å². The van der Waals surface area contributed by atoms with Crippen LogP contribution in [-0.2, 0) is 32.7 Å². The average Bonchev–Trinajstić information content (AvgIpc) is 3.20. The first-order chi connectivity index (χ1) is 28.2. The molecule has 0 saturated heterocycles. The van der Waals surface area contributed by atoms with Crippen molar-refractivity contribution in [2.45, 2.75) is 187 Å². The van der Waals surface area contributed by atoms with Gasteiger partial charge in [0.25, 0.3) is 0 Å². The van der Waals surface area contributed by atoms with Crippen molar-refractivity contribution in [1.82, 2.24) is 0 Å². The number of esters is 2. The first-order valence-corrected chi connectivity index (χ1v) is 24.0. The Morgan fingerprint density at radius 2 is 1.16 bits per heavy atom. The molecule has 4 N–H and O–H groups in total. The zero-order valence-electron chi connectivity index (χ0n) is 36.4. The van der Waals surface area contributed by atoms with E-state index in [9.17, 15) is 24.2 Å². The first kappa shape index (κ1) is 55.4. The quantitative estimate of drug-likeness (QED) is 0.0178. The number of ether oxygens (including phenoxy) is 2. The molecule has 2 unspecified atom stereocenters. The minimum absolute atomic E-state index is 0.0239. The number of unbranched alkanes of at least 4 members (excludes halogenated alkanes) is 15. The largest absolute Gasteiger partial charge is 0.472 e. The predicted molar refractivity (Wildman–Crippen MR) is 239 cm³/mol. The number of hydrogen-bond acceptors (Lipinski definition) is 9. The maximum atomic E-state index is 12.6. The summed E-state index contributed by atoms with van der Waals surface area (Å²) >= 11 is 0. The number of aliphatic hydroxyl groups excluding tert-OH is 1. The van der Waals surface area contributed by atoms with Crippen molar-refractivity contribution in [3.05, 3.63) is 72.9 Å². The van der Waals surface area contributed by atoms with Crippen molar-refractivity contribution in [2.75, 3.05) is 26.4 Å². The fourth-order valence-electron chi connectivity index (χ4n) is 5.83. The molecule has 0 bridgehead atoms. The SMILES string of the molecule is CC/C=C\C/C=C\C/C=C\C/C=C\C=C\C(O)CCCC(=O)OC[C@H](COP(=O)(O)OCCN)OC(=O)CCCCCCCCCCC/C=C\CCCCCCCC. The van der Waals surface area contributed by atoms with E-state index < -0.39 is 38.6 Å². The van der Waals surface area contributed by atoms with Crippen molar-refractivity contribution in [1.29, 1.82) is 0 Å². The van der Waals surface area contributed by atoms with E-state index in [1.807, 2.05) is 12.2 Å². The average molecular weight is 836 g/mol. The summed E-state index contributed by atoms with van der Waals surface area (Å²) in [7, 11) is -4.43. The first-order valence-electron chi connectivity index (χ1n) is 22.5. The maximum absolute atomic E-state index is 12.6. The molecule has 0 spiro atoms. The normalized spacial score (nSPS) is 14.5. The Kier molecular flexibility index (Phi) is 40.6. The van der Waals surface area contributed by atoms with Crippen LogP contribution >= 0.6 is 7.82 Å². The Labute approximate surface area is 353 Å². The van der Waals surface area contributed by atoms with E-state index in [0.29, 0.717) is 19.3 Å². The maximum Gasteiger partial charge on any atom is 0.472 e. The van der Waals surface area contributed by atoms with Gasteiger partial charge in [-0.2, -0.15) is 0 Å². The Morgan fingerprint density at radius 1 is 0.621 bits per heavy atom. The highest BCUT2D eigenvalue weighted by Crippen LogP contribution is 2.43. The molecule has 0 rings (SSSR count).